The van der Waals surface area contributed by atoms with Crippen LogP contribution in [0.15, 0.2) is 12.1 Å². The van der Waals surface area contributed by atoms with Gasteiger partial charge in [-0.2, -0.15) is 0 Å². The molecule has 1 aliphatic rings. The van der Waals surface area contributed by atoms with E-state index in [0.717, 1.165) is 32.1 Å². The molecule has 1 aromatic rings. The second-order valence-electron chi connectivity index (χ2n) is 3.73. The van der Waals surface area contributed by atoms with Crippen molar-refractivity contribution >= 4 is 11.3 Å². The molecule has 0 aromatic carbocycles. The van der Waals surface area contributed by atoms with Crippen molar-refractivity contribution in [2.75, 3.05) is 19.8 Å². The van der Waals surface area contributed by atoms with Crippen LogP contribution in [0.3, 0.4) is 0 Å². The lowest BCUT2D eigenvalue weighted by atomic mass is 9.99. The molecule has 0 atom stereocenters. The van der Waals surface area contributed by atoms with Gasteiger partial charge in [-0.25, -0.2) is 0 Å². The molecule has 2 nitrogen and oxygen atoms in total. The van der Waals surface area contributed by atoms with Crippen molar-refractivity contribution in [2.45, 2.75) is 25.2 Å². The molecule has 1 saturated heterocycles. The lowest BCUT2D eigenvalue weighted by Gasteiger charge is -2.20. The summed E-state index contributed by atoms with van der Waals surface area (Å²) < 4.78 is 5.36. The fraction of sp³-hybridized carbons (Fsp3) is 0.636. The summed E-state index contributed by atoms with van der Waals surface area (Å²) in [4.78, 5) is 2.95. The molecule has 1 aliphatic heterocycles. The fourth-order valence-electron chi connectivity index (χ4n) is 1.87. The van der Waals surface area contributed by atoms with Gasteiger partial charge >= 0.3 is 0 Å². The third kappa shape index (κ3) is 2.35. The Hall–Kier alpha value is -0.380. The van der Waals surface area contributed by atoms with Crippen molar-refractivity contribution in [1.29, 1.82) is 0 Å². The summed E-state index contributed by atoms with van der Waals surface area (Å²) in [6.07, 6.45) is 3.39. The number of ether oxygens (including phenoxy) is 1. The van der Waals surface area contributed by atoms with Crippen LogP contribution in [-0.4, -0.2) is 19.8 Å². The second kappa shape index (κ2) is 4.91. The molecular formula is C11H17NOS. The lowest BCUT2D eigenvalue weighted by molar-refractivity contribution is 0.0860. The van der Waals surface area contributed by atoms with Crippen molar-refractivity contribution in [2.24, 2.45) is 5.73 Å². The quantitative estimate of drug-likeness (QED) is 0.831. The molecule has 0 unspecified atom stereocenters. The summed E-state index contributed by atoms with van der Waals surface area (Å²) in [5, 5.41) is 0. The van der Waals surface area contributed by atoms with E-state index in [1.807, 2.05) is 11.3 Å². The van der Waals surface area contributed by atoms with Crippen LogP contribution in [-0.2, 0) is 11.2 Å². The van der Waals surface area contributed by atoms with E-state index in [1.54, 1.807) is 0 Å². The molecule has 3 heteroatoms. The van der Waals surface area contributed by atoms with E-state index in [0.29, 0.717) is 0 Å². The maximum absolute atomic E-state index is 5.53. The van der Waals surface area contributed by atoms with Crippen molar-refractivity contribution in [3.8, 4) is 0 Å². The van der Waals surface area contributed by atoms with E-state index in [-0.39, 0.29) is 0 Å². The van der Waals surface area contributed by atoms with Crippen molar-refractivity contribution in [3.63, 3.8) is 0 Å². The van der Waals surface area contributed by atoms with Crippen LogP contribution in [0.1, 0.15) is 28.5 Å². The highest BCUT2D eigenvalue weighted by Crippen LogP contribution is 2.32. The number of nitrogens with two attached hydrogens (primary N) is 1. The molecule has 2 N–H and O–H groups in total. The van der Waals surface area contributed by atoms with E-state index in [9.17, 15) is 0 Å². The minimum absolute atomic E-state index is 0.736. The Bertz CT molecular complexity index is 279. The summed E-state index contributed by atoms with van der Waals surface area (Å²) in [6, 6.07) is 4.49. The molecule has 0 radical (unpaired) electrons. The third-order valence-electron chi connectivity index (χ3n) is 2.70. The minimum atomic E-state index is 0.736. The SMILES string of the molecule is NCCc1ccc(C2CCOCC2)s1. The molecule has 2 rings (SSSR count). The summed E-state index contributed by atoms with van der Waals surface area (Å²) in [5.41, 5.74) is 5.53. The standard InChI is InChI=1S/C11H17NOS/c12-6-3-10-1-2-11(14-10)9-4-7-13-8-5-9/h1-2,9H,3-8,12H2. The van der Waals surface area contributed by atoms with Gasteiger partial charge in [0.2, 0.25) is 0 Å². The van der Waals surface area contributed by atoms with Crippen molar-refractivity contribution in [3.05, 3.63) is 21.9 Å². The molecule has 2 heterocycles. The van der Waals surface area contributed by atoms with Gasteiger partial charge in [-0.15, -0.1) is 11.3 Å². The summed E-state index contributed by atoms with van der Waals surface area (Å²) in [6.45, 7) is 2.61. The highest BCUT2D eigenvalue weighted by Gasteiger charge is 2.17. The van der Waals surface area contributed by atoms with Gasteiger partial charge in [0.05, 0.1) is 0 Å². The Kier molecular flexibility index (Phi) is 3.56. The van der Waals surface area contributed by atoms with Gasteiger partial charge in [-0.3, -0.25) is 0 Å². The van der Waals surface area contributed by atoms with Gasteiger partial charge in [0.1, 0.15) is 0 Å². The van der Waals surface area contributed by atoms with Gasteiger partial charge in [0, 0.05) is 23.0 Å². The van der Waals surface area contributed by atoms with Crippen LogP contribution in [0, 0.1) is 0 Å². The zero-order valence-corrected chi connectivity index (χ0v) is 9.19. The first-order valence-corrected chi connectivity index (χ1v) is 6.08. The maximum Gasteiger partial charge on any atom is 0.0472 e. The molecule has 0 bridgehead atoms. The molecule has 1 aromatic heterocycles. The normalized spacial score (nSPS) is 18.6. The van der Waals surface area contributed by atoms with Gasteiger partial charge in [0.25, 0.3) is 0 Å². The Labute approximate surface area is 89.1 Å². The van der Waals surface area contributed by atoms with Crippen LogP contribution < -0.4 is 5.73 Å². The van der Waals surface area contributed by atoms with Crippen LogP contribution in [0.4, 0.5) is 0 Å². The zero-order valence-electron chi connectivity index (χ0n) is 8.37. The lowest BCUT2D eigenvalue weighted by Crippen LogP contribution is -2.12. The van der Waals surface area contributed by atoms with E-state index in [1.165, 1.54) is 22.6 Å². The van der Waals surface area contributed by atoms with Crippen molar-refractivity contribution in [1.82, 2.24) is 0 Å². The van der Waals surface area contributed by atoms with Gasteiger partial charge < -0.3 is 10.5 Å². The summed E-state index contributed by atoms with van der Waals surface area (Å²) >= 11 is 1.93. The van der Waals surface area contributed by atoms with Crippen LogP contribution in [0.25, 0.3) is 0 Å². The molecule has 0 saturated carbocycles. The van der Waals surface area contributed by atoms with E-state index < -0.39 is 0 Å². The first-order valence-electron chi connectivity index (χ1n) is 5.26. The van der Waals surface area contributed by atoms with Gasteiger partial charge in [-0.05, 0) is 43.9 Å². The van der Waals surface area contributed by atoms with E-state index in [2.05, 4.69) is 12.1 Å². The number of hydrogen-bond acceptors (Lipinski definition) is 3. The molecule has 1 fully saturated rings. The molecule has 0 amide bonds. The number of thiophene rings is 1. The summed E-state index contributed by atoms with van der Waals surface area (Å²) in [5.74, 6) is 0.736. The smallest absolute Gasteiger partial charge is 0.0472 e. The first kappa shape index (κ1) is 10.1. The van der Waals surface area contributed by atoms with E-state index in [4.69, 9.17) is 10.5 Å². The number of hydrogen-bond donors (Lipinski definition) is 1. The van der Waals surface area contributed by atoms with Crippen LogP contribution in [0.5, 0.6) is 0 Å². The highest BCUT2D eigenvalue weighted by molar-refractivity contribution is 7.12. The largest absolute Gasteiger partial charge is 0.381 e. The average molecular weight is 211 g/mol. The van der Waals surface area contributed by atoms with Gasteiger partial charge in [-0.1, -0.05) is 0 Å². The van der Waals surface area contributed by atoms with Crippen LogP contribution in [0.2, 0.25) is 0 Å². The predicted molar refractivity (Wildman–Crippen MR) is 59.9 cm³/mol. The number of rotatable bonds is 3. The summed E-state index contributed by atoms with van der Waals surface area (Å²) in [7, 11) is 0. The minimum Gasteiger partial charge on any atom is -0.381 e. The monoisotopic (exact) mass is 211 g/mol. The van der Waals surface area contributed by atoms with Gasteiger partial charge in [0.15, 0.2) is 0 Å². The Balaban J connectivity index is 2.00. The Morgan fingerprint density at radius 3 is 2.86 bits per heavy atom. The molecule has 14 heavy (non-hydrogen) atoms. The fourth-order valence-corrected chi connectivity index (χ4v) is 3.07. The molecule has 0 spiro atoms. The Morgan fingerprint density at radius 2 is 2.14 bits per heavy atom. The zero-order chi connectivity index (χ0) is 9.80. The molecular weight excluding hydrogens is 194 g/mol. The van der Waals surface area contributed by atoms with Crippen LogP contribution >= 0.6 is 11.3 Å². The highest BCUT2D eigenvalue weighted by atomic mass is 32.1. The topological polar surface area (TPSA) is 35.2 Å². The molecule has 78 valence electrons. The predicted octanol–water partition coefficient (Wildman–Crippen LogP) is 2.14. The van der Waals surface area contributed by atoms with Crippen molar-refractivity contribution < 1.29 is 4.74 Å². The second-order valence-corrected chi connectivity index (χ2v) is 4.93. The molecule has 0 aliphatic carbocycles. The van der Waals surface area contributed by atoms with E-state index >= 15 is 0 Å². The third-order valence-corrected chi connectivity index (χ3v) is 4.00. The Morgan fingerprint density at radius 1 is 1.36 bits per heavy atom. The average Bonchev–Trinajstić information content (AvgIpc) is 2.68. The maximum atomic E-state index is 5.53. The first-order chi connectivity index (χ1) is 6.90.